The van der Waals surface area contributed by atoms with Crippen molar-refractivity contribution in [2.75, 3.05) is 9.80 Å². The number of hydrogen-bond donors (Lipinski definition) is 0. The highest BCUT2D eigenvalue weighted by molar-refractivity contribution is 6.05. The Morgan fingerprint density at radius 2 is 0.685 bits per heavy atom. The van der Waals surface area contributed by atoms with Crippen LogP contribution in [-0.2, 0) is 5.41 Å². The van der Waals surface area contributed by atoms with Gasteiger partial charge in [-0.25, -0.2) is 0 Å². The highest BCUT2D eigenvalue weighted by Crippen LogP contribution is 2.59. The summed E-state index contributed by atoms with van der Waals surface area (Å²) in [6, 6.07) is 111. The average molecular weight is 931 g/mol. The van der Waals surface area contributed by atoms with Gasteiger partial charge in [-0.05, 0) is 144 Å². The SMILES string of the molecule is c1ccc(-c2cccc3c2-c2ccc(N(c4ccccc4)c4cc(-c5ccc6ccccc6c5-c5ccccc5)cc(N(c5ccccc5)c5ccccc5)c4)cc2C3(c2ccccc2)c2ccccc2)cc1. The van der Waals surface area contributed by atoms with Crippen LogP contribution in [0.1, 0.15) is 22.3 Å². The van der Waals surface area contributed by atoms with E-state index in [-0.39, 0.29) is 0 Å². The third-order valence-corrected chi connectivity index (χ3v) is 14.7. The molecule has 0 heterocycles. The van der Waals surface area contributed by atoms with Crippen molar-refractivity contribution in [1.82, 2.24) is 0 Å². The van der Waals surface area contributed by atoms with Gasteiger partial charge in [0.05, 0.1) is 5.41 Å². The van der Waals surface area contributed by atoms with E-state index >= 15 is 0 Å². The fourth-order valence-electron chi connectivity index (χ4n) is 11.6. The zero-order valence-corrected chi connectivity index (χ0v) is 40.3. The van der Waals surface area contributed by atoms with Gasteiger partial charge in [-0.3, -0.25) is 0 Å². The monoisotopic (exact) mass is 930 g/mol. The molecule has 1 aliphatic rings. The molecule has 2 heteroatoms. The molecule has 2 nitrogen and oxygen atoms in total. The zero-order chi connectivity index (χ0) is 48.6. The second-order valence-corrected chi connectivity index (χ2v) is 18.8. The van der Waals surface area contributed by atoms with Crippen LogP contribution in [0.2, 0.25) is 0 Å². The van der Waals surface area contributed by atoms with Crippen LogP contribution in [0.5, 0.6) is 0 Å². The molecule has 344 valence electrons. The summed E-state index contributed by atoms with van der Waals surface area (Å²) in [7, 11) is 0. The predicted octanol–water partition coefficient (Wildman–Crippen LogP) is 19.1. The lowest BCUT2D eigenvalue weighted by atomic mass is 9.67. The van der Waals surface area contributed by atoms with E-state index in [4.69, 9.17) is 0 Å². The largest absolute Gasteiger partial charge is 0.310 e. The van der Waals surface area contributed by atoms with Crippen molar-refractivity contribution in [3.05, 3.63) is 326 Å². The maximum absolute atomic E-state index is 2.49. The number of benzene rings is 12. The molecule has 0 unspecified atom stereocenters. The molecular formula is C71H50N2. The van der Waals surface area contributed by atoms with E-state index in [9.17, 15) is 0 Å². The van der Waals surface area contributed by atoms with Gasteiger partial charge in [-0.15, -0.1) is 0 Å². The van der Waals surface area contributed by atoms with Crippen molar-refractivity contribution in [2.45, 2.75) is 5.41 Å². The molecule has 0 aliphatic heterocycles. The van der Waals surface area contributed by atoms with Crippen LogP contribution in [0, 0.1) is 0 Å². The number of rotatable bonds is 11. The van der Waals surface area contributed by atoms with Crippen molar-refractivity contribution in [2.24, 2.45) is 0 Å². The van der Waals surface area contributed by atoms with Crippen LogP contribution in [0.25, 0.3) is 55.3 Å². The molecule has 13 rings (SSSR count). The Balaban J connectivity index is 1.12. The molecule has 12 aromatic rings. The minimum Gasteiger partial charge on any atom is -0.310 e. The Hall–Kier alpha value is -9.50. The lowest BCUT2D eigenvalue weighted by Crippen LogP contribution is -2.28. The van der Waals surface area contributed by atoms with Gasteiger partial charge >= 0.3 is 0 Å². The molecule has 0 N–H and O–H groups in total. The third kappa shape index (κ3) is 7.60. The highest BCUT2D eigenvalue weighted by atomic mass is 15.2. The average Bonchev–Trinajstić information content (AvgIpc) is 3.78. The van der Waals surface area contributed by atoms with Crippen molar-refractivity contribution < 1.29 is 0 Å². The van der Waals surface area contributed by atoms with E-state index in [1.54, 1.807) is 0 Å². The maximum Gasteiger partial charge on any atom is 0.0714 e. The normalized spacial score (nSPS) is 12.2. The van der Waals surface area contributed by atoms with Crippen LogP contribution in [0.3, 0.4) is 0 Å². The van der Waals surface area contributed by atoms with Crippen molar-refractivity contribution >= 4 is 44.9 Å². The van der Waals surface area contributed by atoms with Crippen molar-refractivity contribution in [3.8, 4) is 44.5 Å². The Morgan fingerprint density at radius 1 is 0.233 bits per heavy atom. The summed E-state index contributed by atoms with van der Waals surface area (Å²) in [4.78, 5) is 4.85. The first-order valence-corrected chi connectivity index (χ1v) is 25.2. The molecule has 0 amide bonds. The lowest BCUT2D eigenvalue weighted by Gasteiger charge is -2.35. The first kappa shape index (κ1) is 43.5. The van der Waals surface area contributed by atoms with Crippen LogP contribution >= 0.6 is 0 Å². The molecule has 73 heavy (non-hydrogen) atoms. The van der Waals surface area contributed by atoms with Crippen LogP contribution in [0.15, 0.2) is 303 Å². The van der Waals surface area contributed by atoms with E-state index in [0.29, 0.717) is 0 Å². The molecule has 0 aromatic heterocycles. The van der Waals surface area contributed by atoms with Gasteiger partial charge in [0.15, 0.2) is 0 Å². The molecule has 0 spiro atoms. The molecule has 0 saturated heterocycles. The number of fused-ring (bicyclic) bond motifs is 4. The summed E-state index contributed by atoms with van der Waals surface area (Å²) in [6.07, 6.45) is 0. The van der Waals surface area contributed by atoms with Crippen molar-refractivity contribution in [3.63, 3.8) is 0 Å². The lowest BCUT2D eigenvalue weighted by molar-refractivity contribution is 0.768. The van der Waals surface area contributed by atoms with Gasteiger partial charge in [-0.2, -0.15) is 0 Å². The summed E-state index contributed by atoms with van der Waals surface area (Å²) in [5.74, 6) is 0. The number of nitrogens with zero attached hydrogens (tertiary/aromatic N) is 2. The summed E-state index contributed by atoms with van der Waals surface area (Å²) in [5.41, 5.74) is 20.3. The van der Waals surface area contributed by atoms with Crippen LogP contribution in [0.4, 0.5) is 34.1 Å². The number of anilines is 6. The minimum atomic E-state index is -0.629. The van der Waals surface area contributed by atoms with Crippen LogP contribution in [-0.4, -0.2) is 0 Å². The molecular weight excluding hydrogens is 881 g/mol. The van der Waals surface area contributed by atoms with E-state index in [1.807, 2.05) is 0 Å². The summed E-state index contributed by atoms with van der Waals surface area (Å²) >= 11 is 0. The molecule has 0 fully saturated rings. The maximum atomic E-state index is 2.49. The Morgan fingerprint density at radius 3 is 1.25 bits per heavy atom. The van der Waals surface area contributed by atoms with Gasteiger partial charge in [0.2, 0.25) is 0 Å². The van der Waals surface area contributed by atoms with Gasteiger partial charge in [-0.1, -0.05) is 237 Å². The molecule has 0 saturated carbocycles. The zero-order valence-electron chi connectivity index (χ0n) is 40.3. The summed E-state index contributed by atoms with van der Waals surface area (Å²) in [5, 5.41) is 2.42. The van der Waals surface area contributed by atoms with Gasteiger partial charge in [0, 0.05) is 34.1 Å². The molecule has 0 atom stereocenters. The second kappa shape index (κ2) is 18.7. The molecule has 0 bridgehead atoms. The van der Waals surface area contributed by atoms with Crippen LogP contribution < -0.4 is 9.80 Å². The van der Waals surface area contributed by atoms with E-state index in [2.05, 4.69) is 313 Å². The van der Waals surface area contributed by atoms with E-state index in [0.717, 1.165) is 45.3 Å². The Kier molecular flexibility index (Phi) is 11.1. The molecule has 0 radical (unpaired) electrons. The summed E-state index contributed by atoms with van der Waals surface area (Å²) in [6.45, 7) is 0. The third-order valence-electron chi connectivity index (χ3n) is 14.7. The molecule has 1 aliphatic carbocycles. The van der Waals surface area contributed by atoms with Gasteiger partial charge < -0.3 is 9.80 Å². The fraction of sp³-hybridized carbons (Fsp3) is 0.0141. The highest BCUT2D eigenvalue weighted by Gasteiger charge is 2.47. The first-order chi connectivity index (χ1) is 36.2. The van der Waals surface area contributed by atoms with E-state index < -0.39 is 5.41 Å². The first-order valence-electron chi connectivity index (χ1n) is 25.2. The smallest absolute Gasteiger partial charge is 0.0714 e. The standard InChI is InChI=1S/C71H50N2/c1-8-25-51(26-9-1)64-41-24-42-67-70(64)66-46-44-60(50-68(66)71(67,55-30-12-3-13-31-55)56-32-14-4-15-33-56)73(59-38-20-7-21-39-59)62-48-54(47-61(49-62)72(57-34-16-5-17-35-57)58-36-18-6-19-37-58)65-45-43-52-27-22-23-40-63(52)69(65)53-28-10-2-11-29-53/h1-50H. The second-order valence-electron chi connectivity index (χ2n) is 18.8. The quantitative estimate of drug-likeness (QED) is 0.128. The Bertz CT molecular complexity index is 3800. The van der Waals surface area contributed by atoms with E-state index in [1.165, 1.54) is 66.4 Å². The van der Waals surface area contributed by atoms with Gasteiger partial charge in [0.1, 0.15) is 0 Å². The Labute approximate surface area is 428 Å². The molecule has 12 aromatic carbocycles. The summed E-state index contributed by atoms with van der Waals surface area (Å²) < 4.78 is 0. The fourth-order valence-corrected chi connectivity index (χ4v) is 11.6. The van der Waals surface area contributed by atoms with Gasteiger partial charge in [0.25, 0.3) is 0 Å². The number of hydrogen-bond acceptors (Lipinski definition) is 2. The predicted molar refractivity (Wildman–Crippen MR) is 307 cm³/mol. The minimum absolute atomic E-state index is 0.629. The van der Waals surface area contributed by atoms with Crippen molar-refractivity contribution in [1.29, 1.82) is 0 Å². The number of para-hydroxylation sites is 3. The topological polar surface area (TPSA) is 6.48 Å².